The van der Waals surface area contributed by atoms with Crippen LogP contribution in [0.25, 0.3) is 0 Å². The maximum absolute atomic E-state index is 12.1. The fraction of sp³-hybridized carbons (Fsp3) is 0.300. The molecule has 28 heavy (non-hydrogen) atoms. The first-order chi connectivity index (χ1) is 13.5. The Hall–Kier alpha value is -1.63. The van der Waals surface area contributed by atoms with E-state index in [0.29, 0.717) is 22.2 Å². The molecule has 1 N–H and O–H groups in total. The summed E-state index contributed by atoms with van der Waals surface area (Å²) in [7, 11) is 0. The number of nitrogens with zero attached hydrogens (tertiary/aromatic N) is 3. The number of hydrogen-bond acceptors (Lipinski definition) is 4. The molecule has 3 rings (SSSR count). The SMILES string of the molecule is O=C(CN1CCN(Cc2ccccc2Cl)CC1)N/N=C/c1cccc(Cl)c1Cl. The number of carbonyl (C=O) groups excluding carboxylic acids is 1. The standard InChI is InChI=1S/C20H21Cl3N4O/c21-17-6-2-1-4-16(17)13-26-8-10-27(11-9-26)14-19(28)25-24-12-15-5-3-7-18(22)20(15)23/h1-7,12H,8-11,13-14H2,(H,25,28)/b24-12+. The molecule has 1 aliphatic rings. The van der Waals surface area contributed by atoms with Crippen molar-refractivity contribution in [3.63, 3.8) is 0 Å². The summed E-state index contributed by atoms with van der Waals surface area (Å²) in [5.74, 6) is -0.158. The van der Waals surface area contributed by atoms with Crippen LogP contribution in [0.15, 0.2) is 47.6 Å². The normalized spacial score (nSPS) is 15.8. The highest BCUT2D eigenvalue weighted by molar-refractivity contribution is 6.43. The van der Waals surface area contributed by atoms with E-state index in [-0.39, 0.29) is 5.91 Å². The zero-order chi connectivity index (χ0) is 19.9. The van der Waals surface area contributed by atoms with Crippen molar-refractivity contribution in [3.05, 3.63) is 68.7 Å². The average molecular weight is 440 g/mol. The average Bonchev–Trinajstić information content (AvgIpc) is 2.68. The highest BCUT2D eigenvalue weighted by Gasteiger charge is 2.19. The largest absolute Gasteiger partial charge is 0.296 e. The summed E-state index contributed by atoms with van der Waals surface area (Å²) >= 11 is 18.3. The van der Waals surface area contributed by atoms with Crippen LogP contribution in [0, 0.1) is 0 Å². The fourth-order valence-electron chi connectivity index (χ4n) is 3.01. The molecule has 0 unspecified atom stereocenters. The second-order valence-corrected chi connectivity index (χ2v) is 7.77. The van der Waals surface area contributed by atoms with Crippen LogP contribution in [0.3, 0.4) is 0 Å². The molecule has 0 aliphatic carbocycles. The Morgan fingerprint density at radius 3 is 2.39 bits per heavy atom. The van der Waals surface area contributed by atoms with Crippen molar-refractivity contribution in [1.29, 1.82) is 0 Å². The first kappa shape index (κ1) is 21.1. The lowest BCUT2D eigenvalue weighted by Crippen LogP contribution is -2.48. The molecule has 8 heteroatoms. The van der Waals surface area contributed by atoms with E-state index in [1.165, 1.54) is 6.21 Å². The molecule has 0 spiro atoms. The van der Waals surface area contributed by atoms with Crippen molar-refractivity contribution in [2.24, 2.45) is 5.10 Å². The second-order valence-electron chi connectivity index (χ2n) is 6.58. The summed E-state index contributed by atoms with van der Waals surface area (Å²) in [5.41, 5.74) is 4.32. The monoisotopic (exact) mass is 438 g/mol. The lowest BCUT2D eigenvalue weighted by molar-refractivity contribution is -0.122. The Kier molecular flexibility index (Phi) is 7.71. The Bertz CT molecular complexity index is 851. The van der Waals surface area contributed by atoms with Crippen LogP contribution in [0.5, 0.6) is 0 Å². The van der Waals surface area contributed by atoms with Gasteiger partial charge in [-0.2, -0.15) is 5.10 Å². The van der Waals surface area contributed by atoms with E-state index >= 15 is 0 Å². The number of hydrazone groups is 1. The minimum atomic E-state index is -0.158. The van der Waals surface area contributed by atoms with Gasteiger partial charge in [-0.3, -0.25) is 14.6 Å². The predicted molar refractivity (Wildman–Crippen MR) is 115 cm³/mol. The van der Waals surface area contributed by atoms with Gasteiger partial charge in [-0.25, -0.2) is 5.43 Å². The van der Waals surface area contributed by atoms with Gasteiger partial charge in [0, 0.05) is 43.3 Å². The van der Waals surface area contributed by atoms with Crippen LogP contribution in [-0.2, 0) is 11.3 Å². The van der Waals surface area contributed by atoms with Crippen LogP contribution in [0.1, 0.15) is 11.1 Å². The van der Waals surface area contributed by atoms with E-state index in [1.807, 2.05) is 24.3 Å². The molecule has 0 atom stereocenters. The molecule has 1 heterocycles. The highest BCUT2D eigenvalue weighted by atomic mass is 35.5. The van der Waals surface area contributed by atoms with Crippen LogP contribution in [0.4, 0.5) is 0 Å². The summed E-state index contributed by atoms with van der Waals surface area (Å²) in [4.78, 5) is 16.6. The lowest BCUT2D eigenvalue weighted by atomic mass is 10.2. The Labute approximate surface area is 179 Å². The molecular formula is C20H21Cl3N4O. The van der Waals surface area contributed by atoms with Gasteiger partial charge in [0.05, 0.1) is 22.8 Å². The molecule has 1 fully saturated rings. The number of benzene rings is 2. The molecule has 0 bridgehead atoms. The molecule has 0 saturated carbocycles. The first-order valence-electron chi connectivity index (χ1n) is 8.97. The van der Waals surface area contributed by atoms with Crippen molar-refractivity contribution in [3.8, 4) is 0 Å². The third kappa shape index (κ3) is 5.93. The molecule has 1 saturated heterocycles. The van der Waals surface area contributed by atoms with Crippen LogP contribution < -0.4 is 5.43 Å². The van der Waals surface area contributed by atoms with E-state index in [1.54, 1.807) is 18.2 Å². The molecule has 5 nitrogen and oxygen atoms in total. The molecular weight excluding hydrogens is 419 g/mol. The van der Waals surface area contributed by atoms with Crippen LogP contribution in [0.2, 0.25) is 15.1 Å². The Balaban J connectivity index is 1.42. The van der Waals surface area contributed by atoms with Gasteiger partial charge in [0.15, 0.2) is 0 Å². The van der Waals surface area contributed by atoms with Crippen molar-refractivity contribution in [1.82, 2.24) is 15.2 Å². The minimum absolute atomic E-state index is 0.158. The number of hydrogen-bond donors (Lipinski definition) is 1. The number of piperazine rings is 1. The van der Waals surface area contributed by atoms with E-state index in [9.17, 15) is 4.79 Å². The fourth-order valence-corrected chi connectivity index (χ4v) is 3.56. The molecule has 0 aromatic heterocycles. The highest BCUT2D eigenvalue weighted by Crippen LogP contribution is 2.24. The van der Waals surface area contributed by atoms with Gasteiger partial charge >= 0.3 is 0 Å². The number of halogens is 3. The minimum Gasteiger partial charge on any atom is -0.296 e. The van der Waals surface area contributed by atoms with E-state index in [0.717, 1.165) is 43.3 Å². The number of carbonyl (C=O) groups is 1. The van der Waals surface area contributed by atoms with Gasteiger partial charge < -0.3 is 0 Å². The van der Waals surface area contributed by atoms with Gasteiger partial charge in [-0.1, -0.05) is 65.1 Å². The molecule has 1 amide bonds. The predicted octanol–water partition coefficient (Wildman–Crippen LogP) is 3.91. The first-order valence-corrected chi connectivity index (χ1v) is 10.1. The van der Waals surface area contributed by atoms with E-state index < -0.39 is 0 Å². The molecule has 2 aromatic carbocycles. The summed E-state index contributed by atoms with van der Waals surface area (Å²) in [5, 5.41) is 5.63. The number of nitrogens with one attached hydrogen (secondary N) is 1. The van der Waals surface area contributed by atoms with Gasteiger partial charge in [-0.05, 0) is 17.7 Å². The summed E-state index contributed by atoms with van der Waals surface area (Å²) in [6, 6.07) is 13.2. The van der Waals surface area contributed by atoms with Gasteiger partial charge in [0.2, 0.25) is 0 Å². The molecule has 148 valence electrons. The van der Waals surface area contributed by atoms with Crippen molar-refractivity contribution < 1.29 is 4.79 Å². The molecule has 1 aliphatic heterocycles. The maximum atomic E-state index is 12.1. The quantitative estimate of drug-likeness (QED) is 0.548. The molecule has 0 radical (unpaired) electrons. The van der Waals surface area contributed by atoms with E-state index in [2.05, 4.69) is 20.3 Å². The van der Waals surface area contributed by atoms with Crippen LogP contribution in [-0.4, -0.2) is 54.6 Å². The summed E-state index contributed by atoms with van der Waals surface area (Å²) < 4.78 is 0. The summed E-state index contributed by atoms with van der Waals surface area (Å²) in [6.07, 6.45) is 1.49. The lowest BCUT2D eigenvalue weighted by Gasteiger charge is -2.34. The molecule has 2 aromatic rings. The topological polar surface area (TPSA) is 47.9 Å². The number of rotatable bonds is 6. The second kappa shape index (κ2) is 10.2. The van der Waals surface area contributed by atoms with Crippen molar-refractivity contribution >= 4 is 46.9 Å². The summed E-state index contributed by atoms with van der Waals surface area (Å²) in [6.45, 7) is 4.55. The zero-order valence-corrected chi connectivity index (χ0v) is 17.5. The maximum Gasteiger partial charge on any atom is 0.254 e. The van der Waals surface area contributed by atoms with Crippen LogP contribution >= 0.6 is 34.8 Å². The third-order valence-corrected chi connectivity index (χ3v) is 5.76. The van der Waals surface area contributed by atoms with Gasteiger partial charge in [-0.15, -0.1) is 0 Å². The van der Waals surface area contributed by atoms with Gasteiger partial charge in [0.1, 0.15) is 0 Å². The van der Waals surface area contributed by atoms with Crippen molar-refractivity contribution in [2.75, 3.05) is 32.7 Å². The van der Waals surface area contributed by atoms with Gasteiger partial charge in [0.25, 0.3) is 5.91 Å². The zero-order valence-electron chi connectivity index (χ0n) is 15.2. The number of amides is 1. The Morgan fingerprint density at radius 2 is 1.64 bits per heavy atom. The Morgan fingerprint density at radius 1 is 0.964 bits per heavy atom. The smallest absolute Gasteiger partial charge is 0.254 e. The van der Waals surface area contributed by atoms with Crippen molar-refractivity contribution in [2.45, 2.75) is 6.54 Å². The van der Waals surface area contributed by atoms with E-state index in [4.69, 9.17) is 34.8 Å². The third-order valence-electron chi connectivity index (χ3n) is 4.56.